The van der Waals surface area contributed by atoms with E-state index in [9.17, 15) is 4.79 Å². The van der Waals surface area contributed by atoms with Crippen molar-refractivity contribution in [1.82, 2.24) is 4.98 Å². The number of aliphatic imine (C=N–C) groups is 1. The Morgan fingerprint density at radius 2 is 2.33 bits per heavy atom. The number of allylic oxidation sites excluding steroid dienone is 1. The fourth-order valence-electron chi connectivity index (χ4n) is 2.08. The Bertz CT molecular complexity index is 563. The number of carbonyl (C=O) groups excluding carboxylic acids is 1. The van der Waals surface area contributed by atoms with Crippen LogP contribution in [-0.4, -0.2) is 42.7 Å². The highest BCUT2D eigenvalue weighted by Crippen LogP contribution is 2.32. The van der Waals surface area contributed by atoms with E-state index in [4.69, 9.17) is 4.98 Å². The molecule has 1 aromatic rings. The molecule has 0 unspecified atom stereocenters. The fourth-order valence-corrected chi connectivity index (χ4v) is 3.60. The molecule has 1 aliphatic heterocycles. The van der Waals surface area contributed by atoms with Crippen LogP contribution in [0, 0.1) is 0 Å². The summed E-state index contributed by atoms with van der Waals surface area (Å²) in [5, 5.41) is 1.94. The highest BCUT2D eigenvalue weighted by molar-refractivity contribution is 7.98. The molecular weight excluding hydrogens is 302 g/mol. The van der Waals surface area contributed by atoms with Crippen LogP contribution < -0.4 is 4.90 Å². The van der Waals surface area contributed by atoms with Crippen LogP contribution >= 0.6 is 23.1 Å². The van der Waals surface area contributed by atoms with Gasteiger partial charge in [0.25, 0.3) is 0 Å². The third kappa shape index (κ3) is 3.95. The topological polar surface area (TPSA) is 45.6 Å². The highest BCUT2D eigenvalue weighted by atomic mass is 32.2. The lowest BCUT2D eigenvalue weighted by Gasteiger charge is -2.15. The maximum Gasteiger partial charge on any atom is 0.228 e. The van der Waals surface area contributed by atoms with Gasteiger partial charge < -0.3 is 4.90 Å². The molecular formula is C15H21N3OS2. The van der Waals surface area contributed by atoms with Crippen molar-refractivity contribution in [2.24, 2.45) is 4.99 Å². The highest BCUT2D eigenvalue weighted by Gasteiger charge is 2.19. The molecule has 0 radical (unpaired) electrons. The smallest absolute Gasteiger partial charge is 0.228 e. The first-order chi connectivity index (χ1) is 10.2. The van der Waals surface area contributed by atoms with Crippen molar-refractivity contribution in [1.29, 1.82) is 0 Å². The summed E-state index contributed by atoms with van der Waals surface area (Å²) in [5.41, 5.74) is 2.08. The average molecular weight is 323 g/mol. The van der Waals surface area contributed by atoms with Crippen LogP contribution in [0.4, 0.5) is 5.00 Å². The maximum atomic E-state index is 12.2. The van der Waals surface area contributed by atoms with Crippen LogP contribution in [-0.2, 0) is 11.2 Å². The van der Waals surface area contributed by atoms with E-state index < -0.39 is 0 Å². The van der Waals surface area contributed by atoms with Gasteiger partial charge in [-0.2, -0.15) is 11.8 Å². The quantitative estimate of drug-likeness (QED) is 0.807. The van der Waals surface area contributed by atoms with Gasteiger partial charge in [-0.15, -0.1) is 0 Å². The zero-order valence-electron chi connectivity index (χ0n) is 12.8. The second kappa shape index (κ2) is 7.75. The van der Waals surface area contributed by atoms with Crippen molar-refractivity contribution in [2.75, 3.05) is 30.5 Å². The van der Waals surface area contributed by atoms with Crippen LogP contribution in [0.15, 0.2) is 11.1 Å². The SMILES string of the molecule is CCc1nc(C2=CCCN=C2)sc1N(C)C(=O)CCSC. The number of hydrogen-bond donors (Lipinski definition) is 0. The minimum absolute atomic E-state index is 0.153. The number of dihydropyridines is 1. The largest absolute Gasteiger partial charge is 0.305 e. The molecule has 21 heavy (non-hydrogen) atoms. The predicted molar refractivity (Wildman–Crippen MR) is 93.9 cm³/mol. The molecule has 0 aliphatic carbocycles. The number of amides is 1. The van der Waals surface area contributed by atoms with Crippen LogP contribution in [0.1, 0.15) is 30.5 Å². The van der Waals surface area contributed by atoms with Crippen molar-refractivity contribution >= 4 is 45.8 Å². The van der Waals surface area contributed by atoms with E-state index >= 15 is 0 Å². The molecule has 2 rings (SSSR count). The van der Waals surface area contributed by atoms with Crippen LogP contribution in [0.3, 0.4) is 0 Å². The molecule has 6 heteroatoms. The summed E-state index contributed by atoms with van der Waals surface area (Å²) in [7, 11) is 1.85. The molecule has 0 saturated carbocycles. The van der Waals surface area contributed by atoms with Crippen LogP contribution in [0.2, 0.25) is 0 Å². The van der Waals surface area contributed by atoms with Crippen molar-refractivity contribution in [2.45, 2.75) is 26.2 Å². The van der Waals surface area contributed by atoms with Gasteiger partial charge in [0.15, 0.2) is 0 Å². The standard InChI is InChI=1S/C15H21N3OS2/c1-4-12-15(18(2)13(19)7-9-20-3)21-14(17-12)11-6-5-8-16-10-11/h6,10H,4-5,7-9H2,1-3H3. The van der Waals surface area contributed by atoms with Gasteiger partial charge in [0, 0.05) is 37.6 Å². The Balaban J connectivity index is 2.22. The number of hydrogen-bond acceptors (Lipinski definition) is 5. The number of aromatic nitrogens is 1. The van der Waals surface area contributed by atoms with Gasteiger partial charge in [0.2, 0.25) is 5.91 Å². The zero-order valence-corrected chi connectivity index (χ0v) is 14.4. The van der Waals surface area contributed by atoms with Crippen molar-refractivity contribution in [3.05, 3.63) is 16.8 Å². The molecule has 114 valence electrons. The first kappa shape index (κ1) is 16.2. The van der Waals surface area contributed by atoms with E-state index in [0.717, 1.165) is 46.4 Å². The van der Waals surface area contributed by atoms with E-state index in [1.54, 1.807) is 28.0 Å². The van der Waals surface area contributed by atoms with Crippen molar-refractivity contribution < 1.29 is 4.79 Å². The first-order valence-electron chi connectivity index (χ1n) is 7.13. The summed E-state index contributed by atoms with van der Waals surface area (Å²) in [5.74, 6) is 1.01. The number of carbonyl (C=O) groups is 1. The second-order valence-electron chi connectivity index (χ2n) is 4.80. The van der Waals surface area contributed by atoms with Crippen LogP contribution in [0.25, 0.3) is 5.57 Å². The number of anilines is 1. The Labute approximate surface area is 134 Å². The number of thiazole rings is 1. The van der Waals surface area contributed by atoms with Crippen molar-refractivity contribution in [3.8, 4) is 0 Å². The lowest BCUT2D eigenvalue weighted by Crippen LogP contribution is -2.26. The zero-order chi connectivity index (χ0) is 15.2. The monoisotopic (exact) mass is 323 g/mol. The molecule has 0 spiro atoms. The number of nitrogens with zero attached hydrogens (tertiary/aromatic N) is 3. The van der Waals surface area contributed by atoms with E-state index in [1.165, 1.54) is 0 Å². The first-order valence-corrected chi connectivity index (χ1v) is 9.34. The number of aryl methyl sites for hydroxylation is 1. The van der Waals surface area contributed by atoms with Gasteiger partial charge in [0.1, 0.15) is 10.0 Å². The Hall–Kier alpha value is -1.14. The normalized spacial score (nSPS) is 14.1. The molecule has 0 saturated heterocycles. The molecule has 2 heterocycles. The molecule has 0 bridgehead atoms. The molecule has 4 nitrogen and oxygen atoms in total. The van der Waals surface area contributed by atoms with Crippen molar-refractivity contribution in [3.63, 3.8) is 0 Å². The summed E-state index contributed by atoms with van der Waals surface area (Å²) in [6, 6.07) is 0. The summed E-state index contributed by atoms with van der Waals surface area (Å²) in [6.45, 7) is 2.93. The summed E-state index contributed by atoms with van der Waals surface area (Å²) in [6.07, 6.45) is 8.44. The van der Waals surface area contributed by atoms with E-state index in [-0.39, 0.29) is 5.91 Å². The Morgan fingerprint density at radius 1 is 1.52 bits per heavy atom. The number of rotatable bonds is 6. The van der Waals surface area contributed by atoms with Gasteiger partial charge in [-0.3, -0.25) is 9.79 Å². The minimum Gasteiger partial charge on any atom is -0.305 e. The third-order valence-electron chi connectivity index (χ3n) is 3.31. The van der Waals surface area contributed by atoms with E-state index in [0.29, 0.717) is 6.42 Å². The number of thioether (sulfide) groups is 1. The van der Waals surface area contributed by atoms with Crippen LogP contribution in [0.5, 0.6) is 0 Å². The van der Waals surface area contributed by atoms with Gasteiger partial charge in [-0.1, -0.05) is 24.3 Å². The second-order valence-corrected chi connectivity index (χ2v) is 6.77. The summed E-state index contributed by atoms with van der Waals surface area (Å²) in [4.78, 5) is 23.0. The molecule has 0 atom stereocenters. The predicted octanol–water partition coefficient (Wildman–Crippen LogP) is 3.28. The molecule has 0 N–H and O–H groups in total. The summed E-state index contributed by atoms with van der Waals surface area (Å²) < 4.78 is 0. The lowest BCUT2D eigenvalue weighted by molar-refractivity contribution is -0.117. The average Bonchev–Trinajstić information content (AvgIpc) is 2.97. The molecule has 1 amide bonds. The van der Waals surface area contributed by atoms with E-state index in [1.807, 2.05) is 19.5 Å². The van der Waals surface area contributed by atoms with Gasteiger partial charge in [-0.05, 0) is 19.1 Å². The fraction of sp³-hybridized carbons (Fsp3) is 0.533. The van der Waals surface area contributed by atoms with E-state index in [2.05, 4.69) is 18.0 Å². The maximum absolute atomic E-state index is 12.2. The Kier molecular flexibility index (Phi) is 5.99. The molecule has 1 aromatic heterocycles. The lowest BCUT2D eigenvalue weighted by atomic mass is 10.2. The molecule has 0 aromatic carbocycles. The Morgan fingerprint density at radius 3 is 2.95 bits per heavy atom. The minimum atomic E-state index is 0.153. The van der Waals surface area contributed by atoms with Gasteiger partial charge in [-0.25, -0.2) is 4.98 Å². The van der Waals surface area contributed by atoms with Gasteiger partial charge >= 0.3 is 0 Å². The molecule has 0 fully saturated rings. The summed E-state index contributed by atoms with van der Waals surface area (Å²) >= 11 is 3.28. The molecule has 1 aliphatic rings. The third-order valence-corrected chi connectivity index (χ3v) is 5.15. The van der Waals surface area contributed by atoms with Gasteiger partial charge in [0.05, 0.1) is 5.69 Å².